The SMILES string of the molecule is [CH2]CCC(O)OCCCCCCCCCCCCCCCCCC. The molecule has 0 aliphatic carbocycles. The van der Waals surface area contributed by atoms with Crippen molar-refractivity contribution in [2.45, 2.75) is 129 Å². The molecule has 0 aromatic heterocycles. The zero-order chi connectivity index (χ0) is 17.7. The summed E-state index contributed by atoms with van der Waals surface area (Å²) in [5, 5.41) is 9.41. The summed E-state index contributed by atoms with van der Waals surface area (Å²) in [4.78, 5) is 0. The zero-order valence-electron chi connectivity index (χ0n) is 16.6. The molecule has 0 amide bonds. The van der Waals surface area contributed by atoms with Crippen LogP contribution in [0.3, 0.4) is 0 Å². The Morgan fingerprint density at radius 1 is 0.667 bits per heavy atom. The first-order valence-corrected chi connectivity index (χ1v) is 10.9. The topological polar surface area (TPSA) is 29.5 Å². The van der Waals surface area contributed by atoms with Gasteiger partial charge in [0, 0.05) is 6.61 Å². The molecule has 145 valence electrons. The first-order chi connectivity index (χ1) is 11.8. The standard InChI is InChI=1S/C22H45O2/c1-3-5-6-7-8-9-10-11-12-13-14-15-16-17-18-19-21-24-22(23)20-4-2/h22-23H,2-21H2,1H3. The Bertz CT molecular complexity index is 218. The third kappa shape index (κ3) is 20.0. The third-order valence-corrected chi connectivity index (χ3v) is 4.76. The zero-order valence-corrected chi connectivity index (χ0v) is 16.6. The average molecular weight is 342 g/mol. The second-order valence-corrected chi connectivity index (χ2v) is 7.27. The van der Waals surface area contributed by atoms with Crippen LogP contribution in [0.5, 0.6) is 0 Å². The summed E-state index contributed by atoms with van der Waals surface area (Å²) in [7, 11) is 0. The lowest BCUT2D eigenvalue weighted by molar-refractivity contribution is -0.103. The lowest BCUT2D eigenvalue weighted by Crippen LogP contribution is -2.12. The molecule has 0 rings (SSSR count). The van der Waals surface area contributed by atoms with E-state index in [-0.39, 0.29) is 0 Å². The van der Waals surface area contributed by atoms with E-state index in [0.717, 1.165) is 12.8 Å². The third-order valence-electron chi connectivity index (χ3n) is 4.76. The molecule has 0 aliphatic rings. The Kier molecular flexibility index (Phi) is 20.9. The van der Waals surface area contributed by atoms with Crippen molar-refractivity contribution in [2.24, 2.45) is 0 Å². The van der Waals surface area contributed by atoms with E-state index >= 15 is 0 Å². The van der Waals surface area contributed by atoms with E-state index in [0.29, 0.717) is 13.0 Å². The molecule has 0 saturated heterocycles. The number of aliphatic hydroxyl groups excluding tert-OH is 1. The van der Waals surface area contributed by atoms with Crippen LogP contribution in [0.2, 0.25) is 0 Å². The molecule has 2 heteroatoms. The van der Waals surface area contributed by atoms with Gasteiger partial charge in [0.15, 0.2) is 6.29 Å². The largest absolute Gasteiger partial charge is 0.368 e. The molecule has 0 bridgehead atoms. The Hall–Kier alpha value is -0.0800. The van der Waals surface area contributed by atoms with Gasteiger partial charge < -0.3 is 9.84 Å². The summed E-state index contributed by atoms with van der Waals surface area (Å²) < 4.78 is 5.32. The van der Waals surface area contributed by atoms with Crippen molar-refractivity contribution in [3.63, 3.8) is 0 Å². The Labute approximate surface area is 152 Å². The molecule has 2 nitrogen and oxygen atoms in total. The van der Waals surface area contributed by atoms with Crippen LogP contribution >= 0.6 is 0 Å². The van der Waals surface area contributed by atoms with E-state index in [2.05, 4.69) is 13.8 Å². The fourth-order valence-electron chi connectivity index (χ4n) is 3.13. The van der Waals surface area contributed by atoms with Gasteiger partial charge in [-0.25, -0.2) is 0 Å². The van der Waals surface area contributed by atoms with Crippen molar-refractivity contribution in [2.75, 3.05) is 6.61 Å². The number of unbranched alkanes of at least 4 members (excludes halogenated alkanes) is 15. The van der Waals surface area contributed by atoms with Crippen LogP contribution in [-0.2, 0) is 4.74 Å². The maximum atomic E-state index is 9.41. The molecule has 0 aromatic carbocycles. The maximum Gasteiger partial charge on any atom is 0.154 e. The summed E-state index contributed by atoms with van der Waals surface area (Å²) in [6.45, 7) is 6.69. The first-order valence-electron chi connectivity index (χ1n) is 10.9. The second-order valence-electron chi connectivity index (χ2n) is 7.27. The molecule has 1 atom stereocenters. The van der Waals surface area contributed by atoms with Gasteiger partial charge in [0.2, 0.25) is 0 Å². The van der Waals surface area contributed by atoms with Crippen LogP contribution in [-0.4, -0.2) is 18.0 Å². The highest BCUT2D eigenvalue weighted by atomic mass is 16.6. The van der Waals surface area contributed by atoms with Crippen molar-refractivity contribution in [1.82, 2.24) is 0 Å². The van der Waals surface area contributed by atoms with E-state index in [9.17, 15) is 5.11 Å². The van der Waals surface area contributed by atoms with Gasteiger partial charge in [0.25, 0.3) is 0 Å². The Morgan fingerprint density at radius 2 is 1.04 bits per heavy atom. The van der Waals surface area contributed by atoms with Gasteiger partial charge in [-0.3, -0.25) is 0 Å². The Balaban J connectivity index is 3.00. The summed E-state index contributed by atoms with van der Waals surface area (Å²) in [5.74, 6) is 0. The van der Waals surface area contributed by atoms with Gasteiger partial charge in [0.1, 0.15) is 0 Å². The lowest BCUT2D eigenvalue weighted by Gasteiger charge is -2.10. The Morgan fingerprint density at radius 3 is 1.42 bits per heavy atom. The number of hydrogen-bond donors (Lipinski definition) is 1. The second kappa shape index (κ2) is 21.0. The van der Waals surface area contributed by atoms with Gasteiger partial charge in [0.05, 0.1) is 0 Å². The minimum absolute atomic E-state index is 0.598. The van der Waals surface area contributed by atoms with E-state index in [1.807, 2.05) is 0 Å². The molecular formula is C22H45O2. The van der Waals surface area contributed by atoms with E-state index in [1.165, 1.54) is 96.3 Å². The van der Waals surface area contributed by atoms with Crippen LogP contribution in [0.25, 0.3) is 0 Å². The van der Waals surface area contributed by atoms with Crippen LogP contribution in [0.4, 0.5) is 0 Å². The normalized spacial score (nSPS) is 12.6. The average Bonchev–Trinajstić information content (AvgIpc) is 2.58. The minimum atomic E-state index is -0.598. The maximum absolute atomic E-state index is 9.41. The molecule has 0 aromatic rings. The molecule has 0 saturated carbocycles. The highest BCUT2D eigenvalue weighted by molar-refractivity contribution is 4.50. The van der Waals surface area contributed by atoms with E-state index < -0.39 is 6.29 Å². The summed E-state index contributed by atoms with van der Waals surface area (Å²) in [6.07, 6.45) is 22.9. The molecule has 0 fully saturated rings. The fraction of sp³-hybridized carbons (Fsp3) is 0.955. The molecule has 1 N–H and O–H groups in total. The molecule has 24 heavy (non-hydrogen) atoms. The molecule has 0 aliphatic heterocycles. The predicted molar refractivity (Wildman–Crippen MR) is 106 cm³/mol. The van der Waals surface area contributed by atoms with Crippen molar-refractivity contribution in [1.29, 1.82) is 0 Å². The van der Waals surface area contributed by atoms with Gasteiger partial charge >= 0.3 is 0 Å². The predicted octanol–water partition coefficient (Wildman–Crippen LogP) is 7.20. The monoisotopic (exact) mass is 341 g/mol. The molecule has 0 spiro atoms. The quantitative estimate of drug-likeness (QED) is 0.187. The number of ether oxygens (including phenoxy) is 1. The molecule has 0 heterocycles. The van der Waals surface area contributed by atoms with Gasteiger partial charge in [-0.1, -0.05) is 110 Å². The van der Waals surface area contributed by atoms with Gasteiger partial charge in [-0.05, 0) is 19.3 Å². The van der Waals surface area contributed by atoms with Crippen molar-refractivity contribution in [3.8, 4) is 0 Å². The molecule has 1 radical (unpaired) electrons. The van der Waals surface area contributed by atoms with Crippen LogP contribution < -0.4 is 0 Å². The van der Waals surface area contributed by atoms with Crippen molar-refractivity contribution in [3.05, 3.63) is 6.92 Å². The highest BCUT2D eigenvalue weighted by Gasteiger charge is 2.01. The minimum Gasteiger partial charge on any atom is -0.368 e. The smallest absolute Gasteiger partial charge is 0.154 e. The van der Waals surface area contributed by atoms with Crippen LogP contribution in [0.1, 0.15) is 122 Å². The first kappa shape index (κ1) is 23.9. The van der Waals surface area contributed by atoms with Crippen LogP contribution in [0, 0.1) is 6.92 Å². The summed E-state index contributed by atoms with van der Waals surface area (Å²) >= 11 is 0. The number of hydrogen-bond acceptors (Lipinski definition) is 2. The summed E-state index contributed by atoms with van der Waals surface area (Å²) in [6, 6.07) is 0. The van der Waals surface area contributed by atoms with E-state index in [1.54, 1.807) is 0 Å². The van der Waals surface area contributed by atoms with Crippen LogP contribution in [0.15, 0.2) is 0 Å². The highest BCUT2D eigenvalue weighted by Crippen LogP contribution is 2.13. The van der Waals surface area contributed by atoms with Crippen molar-refractivity contribution < 1.29 is 9.84 Å². The van der Waals surface area contributed by atoms with Gasteiger partial charge in [-0.15, -0.1) is 0 Å². The van der Waals surface area contributed by atoms with Crippen molar-refractivity contribution >= 4 is 0 Å². The van der Waals surface area contributed by atoms with E-state index in [4.69, 9.17) is 4.74 Å². The number of rotatable bonds is 20. The lowest BCUT2D eigenvalue weighted by atomic mass is 10.0. The summed E-state index contributed by atoms with van der Waals surface area (Å²) in [5.41, 5.74) is 0. The van der Waals surface area contributed by atoms with Gasteiger partial charge in [-0.2, -0.15) is 0 Å². The fourth-order valence-corrected chi connectivity index (χ4v) is 3.13. The molecule has 1 unspecified atom stereocenters. The number of aliphatic hydroxyl groups is 1. The molecular weight excluding hydrogens is 296 g/mol.